The number of anilines is 1. The molecule has 0 N–H and O–H groups in total. The van der Waals surface area contributed by atoms with Gasteiger partial charge in [-0.25, -0.2) is 4.39 Å². The fraction of sp³-hybridized carbons (Fsp3) is 0.167. The largest absolute Gasteiger partial charge is 0.334 e. The van der Waals surface area contributed by atoms with Crippen LogP contribution in [0.1, 0.15) is 18.2 Å². The third kappa shape index (κ3) is 3.13. The van der Waals surface area contributed by atoms with E-state index in [9.17, 15) is 9.18 Å². The van der Waals surface area contributed by atoms with Crippen LogP contribution in [0.15, 0.2) is 53.1 Å². The molecule has 1 amide bonds. The molecule has 1 aromatic heterocycles. The lowest BCUT2D eigenvalue weighted by molar-refractivity contribution is -0.117. The topological polar surface area (TPSA) is 59.2 Å². The molecule has 0 saturated carbocycles. The van der Waals surface area contributed by atoms with Gasteiger partial charge in [0, 0.05) is 35.2 Å². The fourth-order valence-electron chi connectivity index (χ4n) is 2.86. The number of amides is 1. The zero-order valence-corrected chi connectivity index (χ0v) is 13.8. The Bertz CT molecular complexity index is 909. The van der Waals surface area contributed by atoms with E-state index in [1.807, 2.05) is 12.1 Å². The molecule has 0 spiro atoms. The Morgan fingerprint density at radius 1 is 1.12 bits per heavy atom. The molecule has 7 heteroatoms. The average Bonchev–Trinajstić information content (AvgIpc) is 3.23. The number of benzene rings is 2. The van der Waals surface area contributed by atoms with Gasteiger partial charge in [0.2, 0.25) is 5.91 Å². The van der Waals surface area contributed by atoms with Gasteiger partial charge in [-0.2, -0.15) is 4.98 Å². The van der Waals surface area contributed by atoms with Crippen molar-refractivity contribution in [3.63, 3.8) is 0 Å². The Balaban J connectivity index is 1.54. The molecule has 25 heavy (non-hydrogen) atoms. The highest BCUT2D eigenvalue weighted by atomic mass is 35.5. The number of hydrogen-bond acceptors (Lipinski definition) is 4. The first kappa shape index (κ1) is 15.8. The van der Waals surface area contributed by atoms with E-state index in [4.69, 9.17) is 16.1 Å². The molecule has 3 aromatic rings. The molecule has 1 fully saturated rings. The summed E-state index contributed by atoms with van der Waals surface area (Å²) in [6.45, 7) is 0.475. The van der Waals surface area contributed by atoms with Crippen molar-refractivity contribution >= 4 is 23.2 Å². The quantitative estimate of drug-likeness (QED) is 0.709. The minimum Gasteiger partial charge on any atom is -0.334 e. The molecule has 1 atom stereocenters. The van der Waals surface area contributed by atoms with Crippen LogP contribution in [0.2, 0.25) is 5.02 Å². The lowest BCUT2D eigenvalue weighted by Crippen LogP contribution is -2.24. The van der Waals surface area contributed by atoms with E-state index >= 15 is 0 Å². The summed E-state index contributed by atoms with van der Waals surface area (Å²) >= 11 is 5.89. The third-order valence-electron chi connectivity index (χ3n) is 4.16. The maximum atomic E-state index is 13.0. The number of carbonyl (C=O) groups is 1. The molecule has 0 radical (unpaired) electrons. The maximum Gasteiger partial charge on any atom is 0.257 e. The molecular formula is C18H13ClFN3O2. The summed E-state index contributed by atoms with van der Waals surface area (Å²) in [7, 11) is 0. The zero-order chi connectivity index (χ0) is 17.4. The van der Waals surface area contributed by atoms with Crippen molar-refractivity contribution in [3.8, 4) is 11.5 Å². The fourth-order valence-corrected chi connectivity index (χ4v) is 2.99. The minimum atomic E-state index is -0.330. The summed E-state index contributed by atoms with van der Waals surface area (Å²) in [5.74, 6) is 0.307. The first-order chi connectivity index (χ1) is 12.1. The summed E-state index contributed by atoms with van der Waals surface area (Å²) in [5, 5.41) is 4.61. The summed E-state index contributed by atoms with van der Waals surface area (Å²) in [4.78, 5) is 18.4. The highest BCUT2D eigenvalue weighted by Gasteiger charge is 2.34. The Labute approximate surface area is 148 Å². The first-order valence-corrected chi connectivity index (χ1v) is 8.13. The second-order valence-corrected chi connectivity index (χ2v) is 6.28. The normalized spacial score (nSPS) is 17.3. The molecule has 0 unspecified atom stereocenters. The van der Waals surface area contributed by atoms with Crippen LogP contribution in [0, 0.1) is 5.82 Å². The molecule has 1 aliphatic heterocycles. The van der Waals surface area contributed by atoms with Gasteiger partial charge in [-0.3, -0.25) is 4.79 Å². The van der Waals surface area contributed by atoms with Gasteiger partial charge < -0.3 is 9.42 Å². The highest BCUT2D eigenvalue weighted by Crippen LogP contribution is 2.32. The van der Waals surface area contributed by atoms with Gasteiger partial charge in [0.15, 0.2) is 5.82 Å². The molecule has 0 bridgehead atoms. The van der Waals surface area contributed by atoms with E-state index in [0.29, 0.717) is 35.3 Å². The van der Waals surface area contributed by atoms with E-state index in [-0.39, 0.29) is 17.6 Å². The SMILES string of the molecule is O=C1C[C@H](c2noc(-c3ccc(F)cc3)n2)CN1c1ccc(Cl)cc1. The number of halogens is 2. The van der Waals surface area contributed by atoms with Gasteiger partial charge in [0.1, 0.15) is 5.82 Å². The van der Waals surface area contributed by atoms with Crippen molar-refractivity contribution in [2.75, 3.05) is 11.4 Å². The summed E-state index contributed by atoms with van der Waals surface area (Å²) in [6, 6.07) is 12.9. The van der Waals surface area contributed by atoms with Gasteiger partial charge in [-0.1, -0.05) is 16.8 Å². The van der Waals surface area contributed by atoms with Crippen molar-refractivity contribution < 1.29 is 13.7 Å². The molecule has 0 aliphatic carbocycles. The summed E-state index contributed by atoms with van der Waals surface area (Å²) in [5.41, 5.74) is 1.43. The second kappa shape index (κ2) is 6.29. The Kier molecular flexibility index (Phi) is 3.97. The molecular weight excluding hydrogens is 345 g/mol. The minimum absolute atomic E-state index is 0.000421. The molecule has 2 aromatic carbocycles. The van der Waals surface area contributed by atoms with Crippen molar-refractivity contribution in [1.29, 1.82) is 0 Å². The van der Waals surface area contributed by atoms with Gasteiger partial charge in [0.25, 0.3) is 5.89 Å². The van der Waals surface area contributed by atoms with E-state index in [2.05, 4.69) is 10.1 Å². The molecule has 1 saturated heterocycles. The van der Waals surface area contributed by atoms with Crippen LogP contribution in [0.25, 0.3) is 11.5 Å². The Morgan fingerprint density at radius 3 is 2.56 bits per heavy atom. The number of carbonyl (C=O) groups excluding carboxylic acids is 1. The number of aromatic nitrogens is 2. The molecule has 1 aliphatic rings. The monoisotopic (exact) mass is 357 g/mol. The van der Waals surface area contributed by atoms with Crippen LogP contribution in [0.3, 0.4) is 0 Å². The summed E-state index contributed by atoms with van der Waals surface area (Å²) in [6.07, 6.45) is 0.311. The smallest absolute Gasteiger partial charge is 0.257 e. The second-order valence-electron chi connectivity index (χ2n) is 5.85. The predicted molar refractivity (Wildman–Crippen MR) is 90.9 cm³/mol. The lowest BCUT2D eigenvalue weighted by Gasteiger charge is -2.16. The van der Waals surface area contributed by atoms with Gasteiger partial charge in [-0.05, 0) is 48.5 Å². The maximum absolute atomic E-state index is 13.0. The first-order valence-electron chi connectivity index (χ1n) is 7.75. The van der Waals surface area contributed by atoms with Crippen molar-refractivity contribution in [2.24, 2.45) is 0 Å². The standard InChI is InChI=1S/C18H13ClFN3O2/c19-13-3-7-15(8-4-13)23-10-12(9-16(23)24)17-21-18(25-22-17)11-1-5-14(20)6-2-11/h1-8,12H,9-10H2/t12-/m0/s1. The van der Waals surface area contributed by atoms with E-state index in [1.165, 1.54) is 12.1 Å². The Morgan fingerprint density at radius 2 is 1.84 bits per heavy atom. The third-order valence-corrected chi connectivity index (χ3v) is 4.41. The van der Waals surface area contributed by atoms with Gasteiger partial charge in [0.05, 0.1) is 0 Å². The van der Waals surface area contributed by atoms with Gasteiger partial charge >= 0.3 is 0 Å². The van der Waals surface area contributed by atoms with Crippen LogP contribution in [-0.4, -0.2) is 22.6 Å². The lowest BCUT2D eigenvalue weighted by atomic mass is 10.1. The Hall–Kier alpha value is -2.73. The van der Waals surface area contributed by atoms with Crippen LogP contribution >= 0.6 is 11.6 Å². The predicted octanol–water partition coefficient (Wildman–Crippen LogP) is 4.05. The van der Waals surface area contributed by atoms with E-state index in [1.54, 1.807) is 29.2 Å². The van der Waals surface area contributed by atoms with Crippen LogP contribution in [0.5, 0.6) is 0 Å². The molecule has 126 valence electrons. The van der Waals surface area contributed by atoms with Crippen LogP contribution in [0.4, 0.5) is 10.1 Å². The van der Waals surface area contributed by atoms with Crippen LogP contribution in [-0.2, 0) is 4.79 Å². The van der Waals surface area contributed by atoms with Gasteiger partial charge in [-0.15, -0.1) is 0 Å². The summed E-state index contributed by atoms with van der Waals surface area (Å²) < 4.78 is 18.3. The van der Waals surface area contributed by atoms with Crippen molar-refractivity contribution in [1.82, 2.24) is 10.1 Å². The zero-order valence-electron chi connectivity index (χ0n) is 13.0. The molecule has 5 nitrogen and oxygen atoms in total. The van der Waals surface area contributed by atoms with E-state index < -0.39 is 0 Å². The van der Waals surface area contributed by atoms with Crippen molar-refractivity contribution in [3.05, 3.63) is 65.2 Å². The van der Waals surface area contributed by atoms with E-state index in [0.717, 1.165) is 5.69 Å². The van der Waals surface area contributed by atoms with Crippen molar-refractivity contribution in [2.45, 2.75) is 12.3 Å². The number of hydrogen-bond donors (Lipinski definition) is 0. The highest BCUT2D eigenvalue weighted by molar-refractivity contribution is 6.30. The number of nitrogens with zero attached hydrogens (tertiary/aromatic N) is 3. The molecule has 2 heterocycles. The molecule has 4 rings (SSSR count). The average molecular weight is 358 g/mol. The van der Waals surface area contributed by atoms with Crippen LogP contribution < -0.4 is 4.90 Å². The number of rotatable bonds is 3.